The molecule has 45 heavy (non-hydrogen) atoms. The first-order valence-corrected chi connectivity index (χ1v) is 15.7. The summed E-state index contributed by atoms with van der Waals surface area (Å²) in [6.45, 7) is -1.35. The van der Waals surface area contributed by atoms with Gasteiger partial charge in [-0.15, -0.1) is 0 Å². The highest BCUT2D eigenvalue weighted by Gasteiger charge is 2.52. The number of fused-ring (bicyclic) bond motifs is 4. The summed E-state index contributed by atoms with van der Waals surface area (Å²) in [4.78, 5) is 55.5. The molecule has 25 heteroatoms. The number of ether oxygens (including phenoxy) is 2. The van der Waals surface area contributed by atoms with Gasteiger partial charge in [0.25, 0.3) is 11.1 Å². The number of anilines is 2. The molecule has 9 N–H and O–H groups in total. The van der Waals surface area contributed by atoms with Crippen LogP contribution in [-0.2, 0) is 36.7 Å². The van der Waals surface area contributed by atoms with Crippen molar-refractivity contribution in [1.29, 1.82) is 0 Å². The molecule has 10 atom stereocenters. The number of nitrogens with two attached hydrogens (primary N) is 2. The van der Waals surface area contributed by atoms with E-state index < -0.39 is 89.5 Å². The number of imidazole rings is 2. The predicted molar refractivity (Wildman–Crippen MR) is 145 cm³/mol. The average molecular weight is 674 g/mol. The van der Waals surface area contributed by atoms with Crippen molar-refractivity contribution < 1.29 is 51.8 Å². The van der Waals surface area contributed by atoms with Crippen LogP contribution in [0.5, 0.6) is 0 Å². The number of nitrogens with one attached hydrogen (secondary N) is 2. The Morgan fingerprint density at radius 3 is 1.96 bits per heavy atom. The lowest BCUT2D eigenvalue weighted by molar-refractivity contribution is -0.0610. The van der Waals surface area contributed by atoms with Crippen molar-refractivity contribution in [2.45, 2.75) is 49.1 Å². The van der Waals surface area contributed by atoms with E-state index in [-0.39, 0.29) is 34.2 Å². The van der Waals surface area contributed by atoms with E-state index in [9.17, 15) is 33.8 Å². The Kier molecular flexibility index (Phi) is 7.37. The van der Waals surface area contributed by atoms with Crippen LogP contribution in [0.3, 0.4) is 0 Å². The number of phosphoric ester groups is 1. The third-order valence-electron chi connectivity index (χ3n) is 7.32. The zero-order valence-corrected chi connectivity index (χ0v) is 24.3. The second-order valence-corrected chi connectivity index (χ2v) is 12.6. The fourth-order valence-corrected chi connectivity index (χ4v) is 7.19. The van der Waals surface area contributed by atoms with Gasteiger partial charge >= 0.3 is 16.1 Å². The van der Waals surface area contributed by atoms with Crippen molar-refractivity contribution >= 4 is 50.3 Å². The Balaban J connectivity index is 1.15. The fraction of sp³-hybridized carbons (Fsp3) is 0.500. The van der Waals surface area contributed by atoms with E-state index in [1.165, 1.54) is 4.57 Å². The van der Waals surface area contributed by atoms with Crippen molar-refractivity contribution in [3.63, 3.8) is 0 Å². The SMILES string of the molecule is Nc1nc2c(ncn2[C@@H]2O[C@@H]3COP(=O)(O)O[C@H]4[C@@H](O)[C@H](n5cnc6c(=O)[nH]c(N)nc65)O[C@@H]4CO[PH](=O)O[C@H]3[C@H]2O)c(=O)[nH]1. The largest absolute Gasteiger partial charge is 0.472 e. The highest BCUT2D eigenvalue weighted by molar-refractivity contribution is 7.47. The van der Waals surface area contributed by atoms with Crippen LogP contribution in [-0.4, -0.2) is 104 Å². The molecule has 2 unspecified atom stereocenters. The molecule has 3 aliphatic heterocycles. The number of aromatic nitrogens is 8. The molecule has 0 spiro atoms. The van der Waals surface area contributed by atoms with Crippen LogP contribution in [0, 0.1) is 0 Å². The maximum Gasteiger partial charge on any atom is 0.472 e. The summed E-state index contributed by atoms with van der Waals surface area (Å²) in [7, 11) is -8.47. The maximum atomic E-state index is 13.1. The van der Waals surface area contributed by atoms with Gasteiger partial charge < -0.3 is 45.1 Å². The topological polar surface area (TPSA) is 329 Å². The van der Waals surface area contributed by atoms with Crippen LogP contribution in [0.25, 0.3) is 22.3 Å². The van der Waals surface area contributed by atoms with Crippen LogP contribution < -0.4 is 22.6 Å². The summed E-state index contributed by atoms with van der Waals surface area (Å²) >= 11 is 0. The zero-order valence-electron chi connectivity index (χ0n) is 22.4. The van der Waals surface area contributed by atoms with Crippen molar-refractivity contribution in [3.05, 3.63) is 33.4 Å². The summed E-state index contributed by atoms with van der Waals surface area (Å²) in [5.41, 5.74) is 9.59. The molecule has 0 radical (unpaired) electrons. The number of aliphatic hydroxyl groups excluding tert-OH is 2. The Morgan fingerprint density at radius 1 is 0.889 bits per heavy atom. The van der Waals surface area contributed by atoms with Gasteiger partial charge in [0.05, 0.1) is 25.9 Å². The lowest BCUT2D eigenvalue weighted by atomic mass is 10.1. The minimum atomic E-state index is -5.02. The summed E-state index contributed by atoms with van der Waals surface area (Å²) in [6, 6.07) is 0. The molecule has 0 saturated carbocycles. The molecule has 7 rings (SSSR count). The maximum absolute atomic E-state index is 13.1. The number of nitrogen functional groups attached to an aromatic ring is 2. The molecule has 242 valence electrons. The number of phosphoric acid groups is 1. The Labute approximate surface area is 248 Å². The van der Waals surface area contributed by atoms with Crippen LogP contribution in [0.4, 0.5) is 11.9 Å². The molecular weight excluding hydrogens is 650 g/mol. The van der Waals surface area contributed by atoms with Gasteiger partial charge in [-0.3, -0.25) is 42.3 Å². The minimum absolute atomic E-state index is 0.0553. The zero-order chi connectivity index (χ0) is 31.8. The number of nitrogens with zero attached hydrogens (tertiary/aromatic N) is 6. The molecule has 4 aromatic rings. The monoisotopic (exact) mass is 674 g/mol. The molecule has 23 nitrogen and oxygen atoms in total. The second kappa shape index (κ2) is 11.0. The molecule has 3 fully saturated rings. The van der Waals surface area contributed by atoms with Gasteiger partial charge in [0.1, 0.15) is 36.6 Å². The van der Waals surface area contributed by atoms with E-state index in [4.69, 9.17) is 39.0 Å². The second-order valence-electron chi connectivity index (χ2n) is 10.1. The normalized spacial score (nSPS) is 36.0. The summed E-state index contributed by atoms with van der Waals surface area (Å²) in [5.74, 6) is -0.485. The van der Waals surface area contributed by atoms with E-state index in [1.54, 1.807) is 0 Å². The molecule has 3 aliphatic rings. The summed E-state index contributed by atoms with van der Waals surface area (Å²) < 4.78 is 61.3. The highest BCUT2D eigenvalue weighted by Crippen LogP contribution is 2.50. The van der Waals surface area contributed by atoms with Crippen molar-refractivity contribution in [2.75, 3.05) is 24.7 Å². The number of rotatable bonds is 2. The smallest absolute Gasteiger partial charge is 0.386 e. The molecule has 7 heterocycles. The average Bonchev–Trinajstić information content (AvgIpc) is 3.72. The van der Waals surface area contributed by atoms with Gasteiger partial charge in [-0.2, -0.15) is 9.97 Å². The molecule has 0 aliphatic carbocycles. The first-order chi connectivity index (χ1) is 21.4. The number of hydrogen-bond acceptors (Lipinski definition) is 18. The van der Waals surface area contributed by atoms with Gasteiger partial charge in [0.15, 0.2) is 34.8 Å². The molecule has 0 amide bonds. The van der Waals surface area contributed by atoms with E-state index >= 15 is 0 Å². The van der Waals surface area contributed by atoms with Crippen molar-refractivity contribution in [2.24, 2.45) is 0 Å². The lowest BCUT2D eigenvalue weighted by Crippen LogP contribution is -2.38. The molecule has 3 saturated heterocycles. The van der Waals surface area contributed by atoms with Gasteiger partial charge in [-0.25, -0.2) is 14.5 Å². The minimum Gasteiger partial charge on any atom is -0.386 e. The number of hydrogen-bond donors (Lipinski definition) is 7. The Bertz CT molecular complexity index is 1980. The van der Waals surface area contributed by atoms with E-state index in [0.717, 1.165) is 17.2 Å². The van der Waals surface area contributed by atoms with Gasteiger partial charge in [-0.1, -0.05) is 0 Å². The first-order valence-electron chi connectivity index (χ1n) is 13.0. The van der Waals surface area contributed by atoms with Crippen LogP contribution in [0.15, 0.2) is 22.2 Å². The quantitative estimate of drug-likeness (QED) is 0.106. The number of aromatic amines is 2. The lowest BCUT2D eigenvalue weighted by Gasteiger charge is -2.26. The van der Waals surface area contributed by atoms with Crippen molar-refractivity contribution in [3.8, 4) is 0 Å². The molecule has 0 aromatic carbocycles. The van der Waals surface area contributed by atoms with E-state index in [0.29, 0.717) is 0 Å². The number of H-pyrrole nitrogens is 2. The third-order valence-corrected chi connectivity index (χ3v) is 9.18. The van der Waals surface area contributed by atoms with Gasteiger partial charge in [-0.05, 0) is 0 Å². The van der Waals surface area contributed by atoms with Crippen LogP contribution in [0.1, 0.15) is 12.5 Å². The summed E-state index contributed by atoms with van der Waals surface area (Å²) in [6.07, 6.45) is -9.53. The molecule has 0 bridgehead atoms. The highest BCUT2D eigenvalue weighted by atomic mass is 31.2. The first kappa shape index (κ1) is 30.1. The van der Waals surface area contributed by atoms with Crippen LogP contribution in [0.2, 0.25) is 0 Å². The number of aliphatic hydroxyl groups is 2. The van der Waals surface area contributed by atoms with E-state index in [1.807, 2.05) is 0 Å². The Hall–Kier alpha value is -3.60. The molecular formula is C20H24N10O13P2. The Morgan fingerprint density at radius 2 is 1.40 bits per heavy atom. The predicted octanol–water partition coefficient (Wildman–Crippen LogP) is -2.76. The van der Waals surface area contributed by atoms with Gasteiger partial charge in [0.2, 0.25) is 11.9 Å². The van der Waals surface area contributed by atoms with Crippen LogP contribution >= 0.6 is 16.1 Å². The van der Waals surface area contributed by atoms with E-state index in [2.05, 4.69) is 29.9 Å². The van der Waals surface area contributed by atoms with Crippen molar-refractivity contribution in [1.82, 2.24) is 39.0 Å². The van der Waals surface area contributed by atoms with Gasteiger partial charge in [0, 0.05) is 0 Å². The standard InChI is InChI=1S/C20H24N10O13P2/c21-19-25-13-7(15(33)27-19)23-3-29(13)17-9(31)11-6(41-17)2-39-45(36,37)43-12-5(1-38-44(35)42-11)40-18(10(12)32)30-4-24-8-14(30)26-20(22)28-16(8)34/h3-6,9-12,17-18,31-32,44H,1-2H2,(H,36,37)(H3,21,25,27,33)(H3,22,26,28,34)/t5-,6-,9-,10-,11-,12-,17-,18-/m1/s1. The molecule has 4 aromatic heterocycles. The fourth-order valence-electron chi connectivity index (χ4n) is 5.35. The summed E-state index contributed by atoms with van der Waals surface area (Å²) in [5, 5.41) is 22.2. The third kappa shape index (κ3) is 5.26.